The number of phenolic OH excluding ortho intramolecular Hbond substituents is 1. The third-order valence-corrected chi connectivity index (χ3v) is 3.43. The van der Waals surface area contributed by atoms with Gasteiger partial charge in [0.25, 0.3) is 5.91 Å². The summed E-state index contributed by atoms with van der Waals surface area (Å²) >= 11 is 1.19. The van der Waals surface area contributed by atoms with Crippen LogP contribution in [0.15, 0.2) is 29.6 Å². The molecule has 0 aliphatic heterocycles. The number of benzene rings is 1. The number of carbonyl (C=O) groups excluding carboxylic acids is 1. The van der Waals surface area contributed by atoms with E-state index >= 15 is 0 Å². The fourth-order valence-electron chi connectivity index (χ4n) is 1.62. The second kappa shape index (κ2) is 5.62. The van der Waals surface area contributed by atoms with Crippen molar-refractivity contribution >= 4 is 28.9 Å². The van der Waals surface area contributed by atoms with Crippen molar-refractivity contribution in [2.75, 3.05) is 12.4 Å². The SMILES string of the molecule is COc1ccsc1C(=O)Nc1ccc(O)cc1C(=O)O. The van der Waals surface area contributed by atoms with E-state index in [1.807, 2.05) is 0 Å². The minimum absolute atomic E-state index is 0.107. The Kier molecular flexibility index (Phi) is 3.90. The summed E-state index contributed by atoms with van der Waals surface area (Å²) < 4.78 is 5.03. The van der Waals surface area contributed by atoms with Crippen molar-refractivity contribution in [3.8, 4) is 11.5 Å². The van der Waals surface area contributed by atoms with Crippen LogP contribution in [0.5, 0.6) is 11.5 Å². The Morgan fingerprint density at radius 2 is 2.05 bits per heavy atom. The normalized spacial score (nSPS) is 10.1. The zero-order valence-electron chi connectivity index (χ0n) is 10.4. The zero-order valence-corrected chi connectivity index (χ0v) is 11.2. The van der Waals surface area contributed by atoms with Crippen molar-refractivity contribution in [3.63, 3.8) is 0 Å². The summed E-state index contributed by atoms with van der Waals surface area (Å²) in [6.07, 6.45) is 0. The highest BCUT2D eigenvalue weighted by atomic mass is 32.1. The van der Waals surface area contributed by atoms with E-state index in [9.17, 15) is 14.7 Å². The molecule has 0 unspecified atom stereocenters. The molecule has 3 N–H and O–H groups in total. The summed E-state index contributed by atoms with van der Waals surface area (Å²) in [4.78, 5) is 23.5. The molecule has 0 fully saturated rings. The molecule has 1 aromatic carbocycles. The van der Waals surface area contributed by atoms with Crippen LogP contribution in [0.4, 0.5) is 5.69 Å². The number of thiophene rings is 1. The van der Waals surface area contributed by atoms with E-state index in [1.54, 1.807) is 11.4 Å². The molecule has 0 aliphatic carbocycles. The van der Waals surface area contributed by atoms with Crippen LogP contribution in [0.3, 0.4) is 0 Å². The first-order valence-electron chi connectivity index (χ1n) is 5.52. The smallest absolute Gasteiger partial charge is 0.337 e. The monoisotopic (exact) mass is 293 g/mol. The molecular weight excluding hydrogens is 282 g/mol. The highest BCUT2D eigenvalue weighted by Gasteiger charge is 2.18. The standard InChI is InChI=1S/C13H11NO5S/c1-19-10-4-5-20-11(10)12(16)14-9-3-2-7(15)6-8(9)13(17)18/h2-6,15H,1H3,(H,14,16)(H,17,18). The number of ether oxygens (including phenoxy) is 1. The fraction of sp³-hybridized carbons (Fsp3) is 0.0769. The Bertz CT molecular complexity index is 665. The molecule has 0 saturated heterocycles. The Morgan fingerprint density at radius 1 is 1.30 bits per heavy atom. The lowest BCUT2D eigenvalue weighted by molar-refractivity contribution is 0.0697. The van der Waals surface area contributed by atoms with E-state index in [-0.39, 0.29) is 17.0 Å². The first kappa shape index (κ1) is 13.9. The molecule has 1 aromatic heterocycles. The first-order valence-corrected chi connectivity index (χ1v) is 6.40. The predicted octanol–water partition coefficient (Wildman–Crippen LogP) is 2.41. The summed E-state index contributed by atoms with van der Waals surface area (Å²) in [6.45, 7) is 0. The lowest BCUT2D eigenvalue weighted by atomic mass is 10.1. The quantitative estimate of drug-likeness (QED) is 0.752. The summed E-state index contributed by atoms with van der Waals surface area (Å²) in [5.74, 6) is -1.48. The molecule has 7 heteroatoms. The maximum Gasteiger partial charge on any atom is 0.337 e. The van der Waals surface area contributed by atoms with E-state index < -0.39 is 11.9 Å². The van der Waals surface area contributed by atoms with Crippen LogP contribution in [0.25, 0.3) is 0 Å². The minimum atomic E-state index is -1.24. The summed E-state index contributed by atoms with van der Waals surface area (Å²) in [7, 11) is 1.45. The van der Waals surface area contributed by atoms with Gasteiger partial charge in [0.1, 0.15) is 16.4 Å². The van der Waals surface area contributed by atoms with Crippen molar-refractivity contribution in [2.24, 2.45) is 0 Å². The number of phenols is 1. The summed E-state index contributed by atoms with van der Waals surface area (Å²) in [5.41, 5.74) is -0.0790. The predicted molar refractivity (Wildman–Crippen MR) is 73.9 cm³/mol. The van der Waals surface area contributed by atoms with Crippen molar-refractivity contribution in [1.82, 2.24) is 0 Å². The number of amides is 1. The lowest BCUT2D eigenvalue weighted by Gasteiger charge is -2.09. The zero-order chi connectivity index (χ0) is 14.7. The number of methoxy groups -OCH3 is 1. The Labute approximate surface area is 118 Å². The van der Waals surface area contributed by atoms with Crippen LogP contribution < -0.4 is 10.1 Å². The van der Waals surface area contributed by atoms with Crippen LogP contribution in [-0.4, -0.2) is 29.2 Å². The number of anilines is 1. The van der Waals surface area contributed by atoms with Crippen molar-refractivity contribution in [2.45, 2.75) is 0 Å². The molecule has 1 heterocycles. The number of carboxylic acids is 1. The average molecular weight is 293 g/mol. The molecule has 0 aliphatic rings. The van der Waals surface area contributed by atoms with Crippen LogP contribution in [-0.2, 0) is 0 Å². The van der Waals surface area contributed by atoms with E-state index in [0.717, 1.165) is 6.07 Å². The van der Waals surface area contributed by atoms with Gasteiger partial charge in [-0.3, -0.25) is 4.79 Å². The molecule has 0 radical (unpaired) electrons. The maximum absolute atomic E-state index is 12.1. The molecule has 0 spiro atoms. The van der Waals surface area contributed by atoms with Gasteiger partial charge < -0.3 is 20.3 Å². The van der Waals surface area contributed by atoms with Crippen LogP contribution in [0.2, 0.25) is 0 Å². The molecule has 0 bridgehead atoms. The number of aromatic hydroxyl groups is 1. The number of hydrogen-bond acceptors (Lipinski definition) is 5. The number of aromatic carboxylic acids is 1. The van der Waals surface area contributed by atoms with Crippen LogP contribution in [0.1, 0.15) is 20.0 Å². The van der Waals surface area contributed by atoms with Crippen LogP contribution >= 0.6 is 11.3 Å². The van der Waals surface area contributed by atoms with Crippen molar-refractivity contribution in [3.05, 3.63) is 40.1 Å². The number of rotatable bonds is 4. The Morgan fingerprint density at radius 3 is 2.70 bits per heavy atom. The van der Waals surface area contributed by atoms with Crippen LogP contribution in [0, 0.1) is 0 Å². The van der Waals surface area contributed by atoms with E-state index in [0.29, 0.717) is 10.6 Å². The molecule has 0 saturated carbocycles. The maximum atomic E-state index is 12.1. The molecule has 1 amide bonds. The fourth-order valence-corrected chi connectivity index (χ4v) is 2.37. The van der Waals surface area contributed by atoms with Gasteiger partial charge >= 0.3 is 5.97 Å². The van der Waals surface area contributed by atoms with Gasteiger partial charge in [0.2, 0.25) is 0 Å². The van der Waals surface area contributed by atoms with E-state index in [4.69, 9.17) is 9.84 Å². The average Bonchev–Trinajstić information content (AvgIpc) is 2.89. The van der Waals surface area contributed by atoms with Gasteiger partial charge in [0.15, 0.2) is 0 Å². The third-order valence-electron chi connectivity index (χ3n) is 2.54. The number of nitrogens with one attached hydrogen (secondary N) is 1. The molecule has 2 aromatic rings. The Balaban J connectivity index is 2.31. The highest BCUT2D eigenvalue weighted by Crippen LogP contribution is 2.27. The van der Waals surface area contributed by atoms with Crippen molar-refractivity contribution in [1.29, 1.82) is 0 Å². The lowest BCUT2D eigenvalue weighted by Crippen LogP contribution is -2.14. The summed E-state index contributed by atoms with van der Waals surface area (Å²) in [5, 5.41) is 22.5. The topological polar surface area (TPSA) is 95.9 Å². The highest BCUT2D eigenvalue weighted by molar-refractivity contribution is 7.12. The molecule has 2 rings (SSSR count). The third kappa shape index (κ3) is 2.72. The molecule has 0 atom stereocenters. The second-order valence-corrected chi connectivity index (χ2v) is 4.72. The molecule has 104 valence electrons. The second-order valence-electron chi connectivity index (χ2n) is 3.81. The van der Waals surface area contributed by atoms with Gasteiger partial charge in [-0.15, -0.1) is 11.3 Å². The molecule has 20 heavy (non-hydrogen) atoms. The number of hydrogen-bond donors (Lipinski definition) is 3. The van der Waals surface area contributed by atoms with Gasteiger partial charge in [-0.25, -0.2) is 4.79 Å². The molecule has 6 nitrogen and oxygen atoms in total. The minimum Gasteiger partial charge on any atom is -0.508 e. The van der Waals surface area contributed by atoms with Gasteiger partial charge in [-0.05, 0) is 29.6 Å². The van der Waals surface area contributed by atoms with E-state index in [2.05, 4.69) is 5.32 Å². The Hall–Kier alpha value is -2.54. The largest absolute Gasteiger partial charge is 0.508 e. The number of carboxylic acid groups (broad SMARTS) is 1. The van der Waals surface area contributed by atoms with Crippen molar-refractivity contribution < 1.29 is 24.5 Å². The van der Waals surface area contributed by atoms with Gasteiger partial charge in [0, 0.05) is 0 Å². The van der Waals surface area contributed by atoms with Gasteiger partial charge in [-0.2, -0.15) is 0 Å². The van der Waals surface area contributed by atoms with Gasteiger partial charge in [0.05, 0.1) is 18.4 Å². The first-order chi connectivity index (χ1) is 9.52. The summed E-state index contributed by atoms with van der Waals surface area (Å²) in [6, 6.07) is 5.35. The van der Waals surface area contributed by atoms with Gasteiger partial charge in [-0.1, -0.05) is 0 Å². The number of carbonyl (C=O) groups is 2. The molecular formula is C13H11NO5S. The van der Waals surface area contributed by atoms with E-state index in [1.165, 1.54) is 30.6 Å².